The normalized spacial score (nSPS) is 20.7. The first kappa shape index (κ1) is 8.04. The SMILES string of the molecule is C[C@@H]1Cc2ncc(O)cc2C(=O)N1. The van der Waals surface area contributed by atoms with Gasteiger partial charge in [-0.1, -0.05) is 0 Å². The minimum absolute atomic E-state index is 0.0310. The number of amides is 1. The summed E-state index contributed by atoms with van der Waals surface area (Å²) in [5, 5.41) is 11.9. The minimum atomic E-state index is -0.155. The number of rotatable bonds is 0. The van der Waals surface area contributed by atoms with E-state index in [2.05, 4.69) is 10.3 Å². The van der Waals surface area contributed by atoms with Crippen LogP contribution in [0.2, 0.25) is 0 Å². The van der Waals surface area contributed by atoms with Crippen LogP contribution in [0.3, 0.4) is 0 Å². The summed E-state index contributed by atoms with van der Waals surface area (Å²) in [6.45, 7) is 1.93. The fourth-order valence-corrected chi connectivity index (χ4v) is 1.48. The van der Waals surface area contributed by atoms with Crippen molar-refractivity contribution in [2.24, 2.45) is 0 Å². The lowest BCUT2D eigenvalue weighted by Gasteiger charge is -2.21. The quantitative estimate of drug-likeness (QED) is 0.606. The fraction of sp³-hybridized carbons (Fsp3) is 0.333. The summed E-state index contributed by atoms with van der Waals surface area (Å²) in [5.41, 5.74) is 1.24. The van der Waals surface area contributed by atoms with Crippen LogP contribution in [-0.2, 0) is 6.42 Å². The number of pyridine rings is 1. The van der Waals surface area contributed by atoms with Crippen molar-refractivity contribution in [3.05, 3.63) is 23.5 Å². The van der Waals surface area contributed by atoms with E-state index in [4.69, 9.17) is 5.11 Å². The van der Waals surface area contributed by atoms with Crippen molar-refractivity contribution in [1.29, 1.82) is 0 Å². The molecule has 1 atom stereocenters. The van der Waals surface area contributed by atoms with Crippen molar-refractivity contribution in [2.75, 3.05) is 0 Å². The van der Waals surface area contributed by atoms with Gasteiger partial charge in [0.2, 0.25) is 0 Å². The summed E-state index contributed by atoms with van der Waals surface area (Å²) in [6.07, 6.45) is 2.09. The van der Waals surface area contributed by atoms with Crippen molar-refractivity contribution in [3.63, 3.8) is 0 Å². The Morgan fingerprint density at radius 1 is 1.69 bits per heavy atom. The Labute approximate surface area is 75.6 Å². The van der Waals surface area contributed by atoms with Crippen molar-refractivity contribution < 1.29 is 9.90 Å². The third-order valence-electron chi connectivity index (χ3n) is 2.08. The third kappa shape index (κ3) is 1.35. The molecule has 4 nitrogen and oxygen atoms in total. The first-order valence-corrected chi connectivity index (χ1v) is 4.15. The zero-order chi connectivity index (χ0) is 9.42. The van der Waals surface area contributed by atoms with Gasteiger partial charge in [0, 0.05) is 12.5 Å². The molecular weight excluding hydrogens is 168 g/mol. The Morgan fingerprint density at radius 2 is 2.46 bits per heavy atom. The highest BCUT2D eigenvalue weighted by Crippen LogP contribution is 2.18. The molecule has 0 saturated heterocycles. The van der Waals surface area contributed by atoms with E-state index in [0.717, 1.165) is 12.1 Å². The van der Waals surface area contributed by atoms with Gasteiger partial charge < -0.3 is 10.4 Å². The van der Waals surface area contributed by atoms with Crippen LogP contribution in [0.1, 0.15) is 23.0 Å². The summed E-state index contributed by atoms with van der Waals surface area (Å²) in [7, 11) is 0. The van der Waals surface area contributed by atoms with Gasteiger partial charge in [0.15, 0.2) is 0 Å². The Bertz CT molecular complexity index is 363. The lowest BCUT2D eigenvalue weighted by atomic mass is 10.0. The monoisotopic (exact) mass is 178 g/mol. The highest BCUT2D eigenvalue weighted by molar-refractivity contribution is 5.96. The number of hydrogen-bond acceptors (Lipinski definition) is 3. The maximum absolute atomic E-state index is 11.4. The average Bonchev–Trinajstić information content (AvgIpc) is 2.06. The van der Waals surface area contributed by atoms with Gasteiger partial charge in [-0.2, -0.15) is 0 Å². The number of hydrogen-bond donors (Lipinski definition) is 2. The van der Waals surface area contributed by atoms with E-state index >= 15 is 0 Å². The number of aromatic hydroxyl groups is 1. The highest BCUT2D eigenvalue weighted by Gasteiger charge is 2.22. The molecule has 0 radical (unpaired) electrons. The van der Waals surface area contributed by atoms with E-state index in [0.29, 0.717) is 5.56 Å². The van der Waals surface area contributed by atoms with Crippen LogP contribution in [0.25, 0.3) is 0 Å². The maximum atomic E-state index is 11.4. The lowest BCUT2D eigenvalue weighted by molar-refractivity contribution is 0.0927. The molecule has 0 aliphatic carbocycles. The molecule has 4 heteroatoms. The van der Waals surface area contributed by atoms with E-state index in [9.17, 15) is 4.79 Å². The molecule has 0 aromatic carbocycles. The summed E-state index contributed by atoms with van der Waals surface area (Å²) >= 11 is 0. The van der Waals surface area contributed by atoms with Crippen LogP contribution >= 0.6 is 0 Å². The fourth-order valence-electron chi connectivity index (χ4n) is 1.48. The highest BCUT2D eigenvalue weighted by atomic mass is 16.3. The molecule has 1 aromatic rings. The summed E-state index contributed by atoms with van der Waals surface area (Å²) in [4.78, 5) is 15.4. The average molecular weight is 178 g/mol. The molecule has 1 aromatic heterocycles. The lowest BCUT2D eigenvalue weighted by Crippen LogP contribution is -2.39. The molecule has 0 fully saturated rings. The molecule has 1 amide bonds. The molecule has 1 aliphatic rings. The largest absolute Gasteiger partial charge is 0.506 e. The van der Waals surface area contributed by atoms with Crippen LogP contribution in [0.5, 0.6) is 5.75 Å². The molecule has 0 unspecified atom stereocenters. The van der Waals surface area contributed by atoms with Crippen LogP contribution in [0.15, 0.2) is 12.3 Å². The van der Waals surface area contributed by atoms with Gasteiger partial charge >= 0.3 is 0 Å². The molecule has 2 rings (SSSR count). The topological polar surface area (TPSA) is 62.2 Å². The van der Waals surface area contributed by atoms with E-state index in [1.54, 1.807) is 0 Å². The molecule has 13 heavy (non-hydrogen) atoms. The van der Waals surface area contributed by atoms with Gasteiger partial charge in [0.1, 0.15) is 5.75 Å². The molecule has 0 bridgehead atoms. The third-order valence-corrected chi connectivity index (χ3v) is 2.08. The van der Waals surface area contributed by atoms with Crippen LogP contribution in [0.4, 0.5) is 0 Å². The Hall–Kier alpha value is -1.58. The Kier molecular flexibility index (Phi) is 1.69. The van der Waals surface area contributed by atoms with Crippen LogP contribution < -0.4 is 5.32 Å². The second-order valence-corrected chi connectivity index (χ2v) is 3.27. The van der Waals surface area contributed by atoms with E-state index in [1.165, 1.54) is 12.3 Å². The number of nitrogens with zero attached hydrogens (tertiary/aromatic N) is 1. The summed E-state index contributed by atoms with van der Waals surface area (Å²) in [6, 6.07) is 1.57. The maximum Gasteiger partial charge on any atom is 0.253 e. The molecular formula is C9H10N2O2. The molecule has 68 valence electrons. The van der Waals surface area contributed by atoms with Gasteiger partial charge in [0.05, 0.1) is 17.5 Å². The van der Waals surface area contributed by atoms with E-state index < -0.39 is 0 Å². The predicted molar refractivity (Wildman–Crippen MR) is 46.5 cm³/mol. The van der Waals surface area contributed by atoms with Crippen molar-refractivity contribution in [3.8, 4) is 5.75 Å². The zero-order valence-corrected chi connectivity index (χ0v) is 7.24. The predicted octanol–water partition coefficient (Wildman–Crippen LogP) is 0.462. The van der Waals surface area contributed by atoms with Gasteiger partial charge in [-0.05, 0) is 13.0 Å². The van der Waals surface area contributed by atoms with Gasteiger partial charge in [-0.3, -0.25) is 9.78 Å². The van der Waals surface area contributed by atoms with Crippen molar-refractivity contribution in [1.82, 2.24) is 10.3 Å². The second kappa shape index (κ2) is 2.73. The first-order valence-electron chi connectivity index (χ1n) is 4.15. The molecule has 1 aliphatic heterocycles. The number of carbonyl (C=O) groups excluding carboxylic acids is 1. The van der Waals surface area contributed by atoms with Crippen molar-refractivity contribution in [2.45, 2.75) is 19.4 Å². The molecule has 0 spiro atoms. The molecule has 2 heterocycles. The number of aromatic nitrogens is 1. The standard InChI is InChI=1S/C9H10N2O2/c1-5-2-8-7(9(13)11-5)3-6(12)4-10-8/h3-5,12H,2H2,1H3,(H,11,13)/t5-/m1/s1. The molecule has 2 N–H and O–H groups in total. The van der Waals surface area contributed by atoms with Crippen LogP contribution in [-0.4, -0.2) is 22.0 Å². The number of carbonyl (C=O) groups is 1. The first-order chi connectivity index (χ1) is 6.16. The number of nitrogens with one attached hydrogen (secondary N) is 1. The number of fused-ring (bicyclic) bond motifs is 1. The minimum Gasteiger partial charge on any atom is -0.506 e. The van der Waals surface area contributed by atoms with Gasteiger partial charge in [-0.25, -0.2) is 0 Å². The Morgan fingerprint density at radius 3 is 3.23 bits per heavy atom. The van der Waals surface area contributed by atoms with Crippen molar-refractivity contribution >= 4 is 5.91 Å². The van der Waals surface area contributed by atoms with Gasteiger partial charge in [-0.15, -0.1) is 0 Å². The van der Waals surface area contributed by atoms with E-state index in [-0.39, 0.29) is 17.7 Å². The van der Waals surface area contributed by atoms with E-state index in [1.807, 2.05) is 6.92 Å². The zero-order valence-electron chi connectivity index (χ0n) is 7.24. The smallest absolute Gasteiger partial charge is 0.253 e. The second-order valence-electron chi connectivity index (χ2n) is 3.27. The van der Waals surface area contributed by atoms with Crippen LogP contribution in [0, 0.1) is 0 Å². The van der Waals surface area contributed by atoms with Gasteiger partial charge in [0.25, 0.3) is 5.91 Å². The summed E-state index contributed by atoms with van der Waals surface area (Å²) in [5.74, 6) is -0.124. The Balaban J connectivity index is 2.49. The summed E-state index contributed by atoms with van der Waals surface area (Å²) < 4.78 is 0. The molecule has 0 saturated carbocycles.